The first kappa shape index (κ1) is 24.0. The van der Waals surface area contributed by atoms with Crippen LogP contribution in [0.5, 0.6) is 0 Å². The summed E-state index contributed by atoms with van der Waals surface area (Å²) in [7, 11) is -2.65. The van der Waals surface area contributed by atoms with Crippen LogP contribution in [0.15, 0.2) is 47.6 Å². The zero-order valence-electron chi connectivity index (χ0n) is 17.4. The Labute approximate surface area is 189 Å². The maximum Gasteiger partial charge on any atom is 0.417 e. The molecule has 1 unspecified atom stereocenters. The predicted octanol–water partition coefficient (Wildman–Crippen LogP) is 4.35. The molecular formula is C20H17F6N5O2S. The van der Waals surface area contributed by atoms with E-state index in [0.29, 0.717) is 6.20 Å². The minimum atomic E-state index is -4.56. The Hall–Kier alpha value is -3.13. The van der Waals surface area contributed by atoms with Crippen molar-refractivity contribution in [2.45, 2.75) is 30.2 Å². The monoisotopic (exact) mass is 505 g/mol. The largest absolute Gasteiger partial charge is 0.417 e. The van der Waals surface area contributed by atoms with Gasteiger partial charge in [0, 0.05) is 36.6 Å². The molecule has 3 heterocycles. The number of anilines is 2. The van der Waals surface area contributed by atoms with Crippen LogP contribution in [-0.2, 0) is 29.2 Å². The number of imidazole rings is 1. The number of hydrogen-bond acceptors (Lipinski definition) is 5. The summed E-state index contributed by atoms with van der Waals surface area (Å²) in [4.78, 5) is 7.87. The van der Waals surface area contributed by atoms with Crippen LogP contribution < -0.4 is 10.0 Å². The standard InChI is InChI=1S/C20H17F6N5O2S/c1-27-34(32,33)13-3-4-15(29-17-5-2-11(8-28-17)19(21,22)23)14(7-13)16-10-31-9-12(20(24,25)26)6-18(31)30-16/h2-5,7-8,10,12,27H,6,9H2,1H3,(H,28,29). The van der Waals surface area contributed by atoms with Gasteiger partial charge in [0.15, 0.2) is 0 Å². The molecule has 2 aromatic heterocycles. The Morgan fingerprint density at radius 1 is 1.09 bits per heavy atom. The van der Waals surface area contributed by atoms with E-state index in [2.05, 4.69) is 20.0 Å². The molecule has 182 valence electrons. The van der Waals surface area contributed by atoms with Crippen LogP contribution in [-0.4, -0.2) is 36.2 Å². The smallest absolute Gasteiger partial charge is 0.340 e. The molecule has 1 aliphatic rings. The molecule has 0 aliphatic carbocycles. The summed E-state index contributed by atoms with van der Waals surface area (Å²) in [5.41, 5.74) is -0.258. The highest BCUT2D eigenvalue weighted by molar-refractivity contribution is 7.89. The third-order valence-corrected chi connectivity index (χ3v) is 6.78. The van der Waals surface area contributed by atoms with Gasteiger partial charge in [-0.2, -0.15) is 26.3 Å². The molecule has 0 amide bonds. The van der Waals surface area contributed by atoms with Gasteiger partial charge >= 0.3 is 12.4 Å². The van der Waals surface area contributed by atoms with Crippen molar-refractivity contribution in [3.05, 3.63) is 54.1 Å². The van der Waals surface area contributed by atoms with E-state index >= 15 is 0 Å². The summed E-state index contributed by atoms with van der Waals surface area (Å²) < 4.78 is 106. The Bertz CT molecular complexity index is 1290. The number of pyridine rings is 1. The highest BCUT2D eigenvalue weighted by Crippen LogP contribution is 2.38. The Kier molecular flexibility index (Phi) is 5.84. The average Bonchev–Trinajstić information content (AvgIpc) is 3.33. The normalized spacial score (nSPS) is 16.5. The lowest BCUT2D eigenvalue weighted by Gasteiger charge is -2.14. The van der Waals surface area contributed by atoms with E-state index in [0.717, 1.165) is 12.1 Å². The second kappa shape index (κ2) is 8.27. The summed E-state index contributed by atoms with van der Waals surface area (Å²) in [5, 5.41) is 2.82. The van der Waals surface area contributed by atoms with Gasteiger partial charge in [0.05, 0.1) is 22.1 Å². The van der Waals surface area contributed by atoms with Crippen molar-refractivity contribution in [3.63, 3.8) is 0 Å². The summed E-state index contributed by atoms with van der Waals surface area (Å²) in [6, 6.07) is 5.86. The van der Waals surface area contributed by atoms with Crippen molar-refractivity contribution in [2.24, 2.45) is 5.92 Å². The lowest BCUT2D eigenvalue weighted by Crippen LogP contribution is -2.24. The van der Waals surface area contributed by atoms with Crippen molar-refractivity contribution >= 4 is 21.5 Å². The van der Waals surface area contributed by atoms with E-state index in [1.54, 1.807) is 0 Å². The SMILES string of the molecule is CNS(=O)(=O)c1ccc(Nc2ccc(C(F)(F)F)cn2)c(-c2cn3c(n2)CC(C(F)(F)F)C3)c1. The molecule has 2 N–H and O–H groups in total. The number of benzene rings is 1. The van der Waals surface area contributed by atoms with Crippen molar-refractivity contribution in [1.82, 2.24) is 19.3 Å². The second-order valence-corrected chi connectivity index (χ2v) is 9.49. The van der Waals surface area contributed by atoms with E-state index in [-0.39, 0.29) is 46.4 Å². The molecule has 1 atom stereocenters. The van der Waals surface area contributed by atoms with Gasteiger partial charge in [-0.3, -0.25) is 0 Å². The van der Waals surface area contributed by atoms with Crippen molar-refractivity contribution < 1.29 is 34.8 Å². The highest BCUT2D eigenvalue weighted by Gasteiger charge is 2.44. The minimum absolute atomic E-state index is 0.0439. The third kappa shape index (κ3) is 4.73. The van der Waals surface area contributed by atoms with E-state index in [4.69, 9.17) is 0 Å². The molecule has 4 rings (SSSR count). The van der Waals surface area contributed by atoms with E-state index in [1.807, 2.05) is 0 Å². The van der Waals surface area contributed by atoms with Crippen molar-refractivity contribution in [3.8, 4) is 11.3 Å². The highest BCUT2D eigenvalue weighted by atomic mass is 32.2. The lowest BCUT2D eigenvalue weighted by molar-refractivity contribution is -0.173. The topological polar surface area (TPSA) is 88.9 Å². The molecule has 1 aromatic carbocycles. The van der Waals surface area contributed by atoms with Crippen LogP contribution in [0, 0.1) is 5.92 Å². The second-order valence-electron chi connectivity index (χ2n) is 7.61. The Morgan fingerprint density at radius 2 is 1.82 bits per heavy atom. The number of hydrogen-bond donors (Lipinski definition) is 2. The molecule has 0 radical (unpaired) electrons. The first-order chi connectivity index (χ1) is 15.8. The van der Waals surface area contributed by atoms with Gasteiger partial charge in [0.1, 0.15) is 11.6 Å². The number of nitrogens with zero attached hydrogens (tertiary/aromatic N) is 3. The molecule has 7 nitrogen and oxygen atoms in total. The molecule has 14 heteroatoms. The minimum Gasteiger partial charge on any atom is -0.340 e. The number of alkyl halides is 6. The number of fused-ring (bicyclic) bond motifs is 1. The maximum absolute atomic E-state index is 13.1. The molecular weight excluding hydrogens is 488 g/mol. The predicted molar refractivity (Wildman–Crippen MR) is 110 cm³/mol. The van der Waals surface area contributed by atoms with Crippen LogP contribution in [0.1, 0.15) is 11.4 Å². The summed E-state index contributed by atoms with van der Waals surface area (Å²) in [6.45, 7) is -0.316. The number of halogens is 6. The number of sulfonamides is 1. The summed E-state index contributed by atoms with van der Waals surface area (Å²) in [5.74, 6) is -1.32. The zero-order chi connectivity index (χ0) is 24.9. The van der Waals surface area contributed by atoms with E-state index in [9.17, 15) is 34.8 Å². The fourth-order valence-electron chi connectivity index (χ4n) is 3.55. The van der Waals surface area contributed by atoms with Gasteiger partial charge in [-0.25, -0.2) is 23.1 Å². The van der Waals surface area contributed by atoms with Crippen LogP contribution in [0.2, 0.25) is 0 Å². The average molecular weight is 505 g/mol. The molecule has 0 bridgehead atoms. The molecule has 0 saturated heterocycles. The fourth-order valence-corrected chi connectivity index (χ4v) is 4.31. The van der Waals surface area contributed by atoms with Gasteiger partial charge < -0.3 is 9.88 Å². The number of nitrogens with one attached hydrogen (secondary N) is 2. The van der Waals surface area contributed by atoms with E-state index in [1.165, 1.54) is 36.0 Å². The van der Waals surface area contributed by atoms with Crippen molar-refractivity contribution in [1.29, 1.82) is 0 Å². The first-order valence-corrected chi connectivity index (χ1v) is 11.3. The van der Waals surface area contributed by atoms with Crippen LogP contribution >= 0.6 is 0 Å². The molecule has 1 aliphatic heterocycles. The summed E-state index contributed by atoms with van der Waals surface area (Å²) in [6.07, 6.45) is -7.23. The fraction of sp³-hybridized carbons (Fsp3) is 0.300. The quantitative estimate of drug-likeness (QED) is 0.504. The number of rotatable bonds is 5. The Balaban J connectivity index is 1.72. The first-order valence-electron chi connectivity index (χ1n) is 9.79. The molecule has 0 saturated carbocycles. The van der Waals surface area contributed by atoms with Crippen LogP contribution in [0.3, 0.4) is 0 Å². The van der Waals surface area contributed by atoms with E-state index < -0.39 is 33.9 Å². The molecule has 3 aromatic rings. The molecule has 0 fully saturated rings. The van der Waals surface area contributed by atoms with Crippen LogP contribution in [0.4, 0.5) is 37.8 Å². The maximum atomic E-state index is 13.1. The molecule has 0 spiro atoms. The van der Waals surface area contributed by atoms with Crippen molar-refractivity contribution in [2.75, 3.05) is 12.4 Å². The third-order valence-electron chi connectivity index (χ3n) is 5.37. The van der Waals surface area contributed by atoms with Gasteiger partial charge in [-0.15, -0.1) is 0 Å². The van der Waals surface area contributed by atoms with Crippen LogP contribution in [0.25, 0.3) is 11.3 Å². The van der Waals surface area contributed by atoms with Gasteiger partial charge in [-0.1, -0.05) is 0 Å². The lowest BCUT2D eigenvalue weighted by atomic mass is 10.1. The van der Waals surface area contributed by atoms with Gasteiger partial charge in [-0.05, 0) is 37.4 Å². The van der Waals surface area contributed by atoms with Gasteiger partial charge in [0.2, 0.25) is 10.0 Å². The van der Waals surface area contributed by atoms with Gasteiger partial charge in [0.25, 0.3) is 0 Å². The molecule has 34 heavy (non-hydrogen) atoms. The number of aromatic nitrogens is 3. The summed E-state index contributed by atoms with van der Waals surface area (Å²) >= 11 is 0. The Morgan fingerprint density at radius 3 is 2.38 bits per heavy atom. The zero-order valence-corrected chi connectivity index (χ0v) is 18.2.